The minimum Gasteiger partial charge on any atom is -0.198 e. The van der Waals surface area contributed by atoms with Crippen molar-refractivity contribution >= 4 is 68.1 Å². The Bertz CT molecular complexity index is 232. The molecule has 0 N–H and O–H groups in total. The third-order valence-corrected chi connectivity index (χ3v) is 5.98. The Morgan fingerprint density at radius 1 is 0.875 bits per heavy atom. The topological polar surface area (TPSA) is 47.6 Å². The Balaban J connectivity index is 0. The highest BCUT2D eigenvalue weighted by Crippen LogP contribution is 2.25. The lowest BCUT2D eigenvalue weighted by Gasteiger charge is -2.04. The van der Waals surface area contributed by atoms with E-state index in [9.17, 15) is 0 Å². The minimum atomic E-state index is -2.48. The summed E-state index contributed by atoms with van der Waals surface area (Å²) in [6.07, 6.45) is 0.832. The van der Waals surface area contributed by atoms with E-state index < -0.39 is 12.7 Å². The molecule has 0 aliphatic rings. The zero-order valence-corrected chi connectivity index (χ0v) is 14.4. The summed E-state index contributed by atoms with van der Waals surface area (Å²) in [6.45, 7) is -0.143. The predicted octanol–water partition coefficient (Wildman–Crippen LogP) is 5.01. The van der Waals surface area contributed by atoms with Crippen molar-refractivity contribution in [3.05, 3.63) is 0 Å². The summed E-state index contributed by atoms with van der Waals surface area (Å²) < 4.78 is 0. The highest BCUT2D eigenvalue weighted by Gasteiger charge is 2.23. The summed E-state index contributed by atoms with van der Waals surface area (Å²) in [6, 6.07) is 2.52. The fraction of sp³-hybridized carbons (Fsp3) is 0.714. The summed E-state index contributed by atoms with van der Waals surface area (Å²) in [5.74, 6) is 0. The number of nitrogens with zero attached hydrogens (tertiary/aromatic N) is 2. The normalized spacial score (nSPS) is 10.8. The first kappa shape index (κ1) is 19.2. The highest BCUT2D eigenvalue weighted by atomic mass is 35.8. The van der Waals surface area contributed by atoms with Gasteiger partial charge >= 0.3 is 6.00 Å². The summed E-state index contributed by atoms with van der Waals surface area (Å²) >= 11 is 27.6. The fourth-order valence-electron chi connectivity index (χ4n) is 0.473. The van der Waals surface area contributed by atoms with Crippen LogP contribution in [0.4, 0.5) is 0 Å². The van der Waals surface area contributed by atoms with E-state index in [4.69, 9.17) is 65.9 Å². The first-order valence-electron chi connectivity index (χ1n) is 4.31. The van der Waals surface area contributed by atoms with Crippen molar-refractivity contribution in [3.63, 3.8) is 0 Å². The third-order valence-electron chi connectivity index (χ3n) is 1.20. The number of hydrogen-bond acceptors (Lipinski definition) is 2. The maximum Gasteiger partial charge on any atom is 0.342 e. The number of hydrogen-bond donors (Lipinski definition) is 0. The van der Waals surface area contributed by atoms with Crippen LogP contribution < -0.4 is 0 Å². The molecule has 0 aromatic heterocycles. The first-order valence-corrected chi connectivity index (χ1v) is 14.3. The quantitative estimate of drug-likeness (QED) is 0.525. The molecule has 0 unspecified atom stereocenters. The molecule has 0 aromatic rings. The second kappa shape index (κ2) is 9.85. The third kappa shape index (κ3) is 24.2. The van der Waals surface area contributed by atoms with E-state index in [-0.39, 0.29) is 0 Å². The number of halogens is 5. The average molecular weight is 357 g/mol. The van der Waals surface area contributed by atoms with Crippen molar-refractivity contribution in [2.24, 2.45) is 0 Å². The molecule has 0 saturated carbocycles. The molecule has 9 heteroatoms. The Labute approximate surface area is 122 Å². The van der Waals surface area contributed by atoms with Crippen molar-refractivity contribution in [1.29, 1.82) is 10.5 Å². The summed E-state index contributed by atoms with van der Waals surface area (Å²) in [7, 11) is 0. The van der Waals surface area contributed by atoms with Gasteiger partial charge in [0, 0.05) is 12.8 Å². The van der Waals surface area contributed by atoms with Crippen LogP contribution in [0.5, 0.6) is 0 Å². The molecule has 0 spiro atoms. The van der Waals surface area contributed by atoms with Crippen LogP contribution in [-0.4, -0.2) is 12.7 Å². The van der Waals surface area contributed by atoms with Gasteiger partial charge in [0.05, 0.1) is 12.1 Å². The maximum absolute atomic E-state index is 8.08. The van der Waals surface area contributed by atoms with Crippen LogP contribution in [0.2, 0.25) is 18.6 Å². The molecule has 0 saturated heterocycles. The van der Waals surface area contributed by atoms with Gasteiger partial charge in [0.1, 0.15) is 0 Å². The van der Waals surface area contributed by atoms with Gasteiger partial charge in [0.15, 0.2) is 0 Å². The monoisotopic (exact) mass is 354 g/mol. The van der Waals surface area contributed by atoms with Crippen molar-refractivity contribution in [1.82, 2.24) is 0 Å². The van der Waals surface area contributed by atoms with Gasteiger partial charge in [0.25, 0.3) is 0 Å². The number of rotatable bonds is 4. The Hall–Kier alpha value is 0.864. The molecule has 0 bridgehead atoms. The Morgan fingerprint density at radius 2 is 1.25 bits per heavy atom. The van der Waals surface area contributed by atoms with Crippen LogP contribution in [0.3, 0.4) is 0 Å². The Morgan fingerprint density at radius 3 is 1.38 bits per heavy atom. The van der Waals surface area contributed by atoms with Crippen molar-refractivity contribution in [2.75, 3.05) is 0 Å². The minimum absolute atomic E-state index is 0.350. The molecule has 0 heterocycles. The van der Waals surface area contributed by atoms with Crippen LogP contribution in [0.15, 0.2) is 0 Å². The largest absolute Gasteiger partial charge is 0.342 e. The van der Waals surface area contributed by atoms with Crippen LogP contribution in [0, 0.1) is 22.7 Å². The smallest absolute Gasteiger partial charge is 0.198 e. The lowest BCUT2D eigenvalue weighted by atomic mass is 10.6. The van der Waals surface area contributed by atoms with E-state index in [0.29, 0.717) is 24.9 Å². The van der Waals surface area contributed by atoms with Crippen LogP contribution in [-0.2, 0) is 0 Å². The van der Waals surface area contributed by atoms with E-state index in [1.165, 1.54) is 0 Å². The van der Waals surface area contributed by atoms with Gasteiger partial charge in [-0.25, -0.2) is 0 Å². The molecule has 2 nitrogen and oxygen atoms in total. The zero-order chi connectivity index (χ0) is 13.2. The summed E-state index contributed by atoms with van der Waals surface area (Å²) in [5, 5.41) is 16.1. The molecule has 0 fully saturated rings. The summed E-state index contributed by atoms with van der Waals surface area (Å²) in [4.78, 5) is 0. The molecular weight excluding hydrogens is 346 g/mol. The second-order valence-corrected chi connectivity index (χ2v) is 20.5. The van der Waals surface area contributed by atoms with E-state index in [1.807, 2.05) is 18.7 Å². The van der Waals surface area contributed by atoms with E-state index >= 15 is 0 Å². The van der Waals surface area contributed by atoms with E-state index in [0.717, 1.165) is 0 Å². The van der Waals surface area contributed by atoms with Gasteiger partial charge in [-0.1, -0.05) is 0 Å². The van der Waals surface area contributed by atoms with Gasteiger partial charge in [0.2, 0.25) is 6.69 Å². The average Bonchev–Trinajstić information content (AvgIpc) is 2.10. The molecule has 0 atom stereocenters. The standard InChI is InChI=1S/C4H7Cl2NSi.C3H4Cl3NSi/c1-8(5,6)4-2-3-7;4-8(5,6)3-1-2-7/h2,4H2,1H3;1,3H2. The highest BCUT2D eigenvalue weighted by molar-refractivity contribution is 7.64. The molecular formula is C7H11Cl5N2Si2. The van der Waals surface area contributed by atoms with Gasteiger partial charge in [-0.2, -0.15) is 10.5 Å². The fourth-order valence-corrected chi connectivity index (χ4v) is 2.84. The maximum atomic E-state index is 8.08. The first-order chi connectivity index (χ1) is 7.12. The van der Waals surface area contributed by atoms with Crippen LogP contribution in [0.25, 0.3) is 0 Å². The van der Waals surface area contributed by atoms with Gasteiger partial charge in [-0.15, -0.1) is 55.4 Å². The molecule has 0 radical (unpaired) electrons. The SMILES string of the molecule is C[Si](Cl)(Cl)CCC#N.N#CCC[Si](Cl)(Cl)Cl. The lowest BCUT2D eigenvalue weighted by molar-refractivity contribution is 1.19. The Kier molecular flexibility index (Phi) is 11.8. The van der Waals surface area contributed by atoms with Gasteiger partial charge < -0.3 is 0 Å². The van der Waals surface area contributed by atoms with Crippen molar-refractivity contribution in [3.8, 4) is 12.1 Å². The molecule has 92 valence electrons. The van der Waals surface area contributed by atoms with Crippen LogP contribution in [0.1, 0.15) is 12.8 Å². The second-order valence-electron chi connectivity index (χ2n) is 3.00. The predicted molar refractivity (Wildman–Crippen MR) is 76.7 cm³/mol. The van der Waals surface area contributed by atoms with Crippen LogP contribution >= 0.6 is 55.4 Å². The van der Waals surface area contributed by atoms with Gasteiger partial charge in [-0.05, 0) is 18.6 Å². The molecule has 0 rings (SSSR count). The molecule has 0 aromatic carbocycles. The molecule has 16 heavy (non-hydrogen) atoms. The van der Waals surface area contributed by atoms with Gasteiger partial charge in [-0.3, -0.25) is 0 Å². The van der Waals surface area contributed by atoms with Crippen molar-refractivity contribution < 1.29 is 0 Å². The molecule has 0 aliphatic carbocycles. The van der Waals surface area contributed by atoms with E-state index in [2.05, 4.69) is 0 Å². The number of nitriles is 2. The molecule has 0 aliphatic heterocycles. The van der Waals surface area contributed by atoms with E-state index in [1.54, 1.807) is 0 Å². The van der Waals surface area contributed by atoms with Crippen molar-refractivity contribution in [2.45, 2.75) is 31.5 Å². The molecule has 0 amide bonds. The zero-order valence-electron chi connectivity index (χ0n) is 8.61. The summed E-state index contributed by atoms with van der Waals surface area (Å²) in [5.41, 5.74) is 0. The lowest BCUT2D eigenvalue weighted by Crippen LogP contribution is -2.10.